The standard InChI is InChI=1S/C6H8N2O3S/c9-12(10,11)4-1-6-5-7-2-3-8-6/h2-3,5H,1,4H2,(H,9,10,11). The minimum atomic E-state index is -3.89. The van der Waals surface area contributed by atoms with E-state index in [2.05, 4.69) is 9.97 Å². The lowest BCUT2D eigenvalue weighted by molar-refractivity contribution is 0.482. The van der Waals surface area contributed by atoms with Crippen molar-refractivity contribution in [3.05, 3.63) is 24.3 Å². The number of aromatic nitrogens is 2. The van der Waals surface area contributed by atoms with E-state index in [1.165, 1.54) is 18.6 Å². The van der Waals surface area contributed by atoms with Crippen molar-refractivity contribution in [2.24, 2.45) is 0 Å². The second-order valence-electron chi connectivity index (χ2n) is 2.23. The second-order valence-corrected chi connectivity index (χ2v) is 3.80. The molecule has 12 heavy (non-hydrogen) atoms. The summed E-state index contributed by atoms with van der Waals surface area (Å²) in [6.45, 7) is 0. The zero-order valence-electron chi connectivity index (χ0n) is 6.21. The monoisotopic (exact) mass is 188 g/mol. The molecule has 0 fully saturated rings. The van der Waals surface area contributed by atoms with Gasteiger partial charge in [-0.1, -0.05) is 0 Å². The van der Waals surface area contributed by atoms with E-state index in [4.69, 9.17) is 4.55 Å². The number of hydrogen-bond donors (Lipinski definition) is 1. The van der Waals surface area contributed by atoms with E-state index >= 15 is 0 Å². The van der Waals surface area contributed by atoms with E-state index in [-0.39, 0.29) is 12.2 Å². The van der Waals surface area contributed by atoms with Gasteiger partial charge in [0, 0.05) is 25.0 Å². The SMILES string of the molecule is O=S(=O)(O)CCc1cnccn1. The van der Waals surface area contributed by atoms with Crippen LogP contribution in [0.5, 0.6) is 0 Å². The van der Waals surface area contributed by atoms with Gasteiger partial charge >= 0.3 is 0 Å². The van der Waals surface area contributed by atoms with Crippen LogP contribution in [-0.4, -0.2) is 28.7 Å². The predicted molar refractivity (Wildman–Crippen MR) is 42.2 cm³/mol. The smallest absolute Gasteiger partial charge is 0.265 e. The average Bonchev–Trinajstić information content (AvgIpc) is 2.02. The molecule has 0 spiro atoms. The van der Waals surface area contributed by atoms with Gasteiger partial charge in [-0.15, -0.1) is 0 Å². The third-order valence-electron chi connectivity index (χ3n) is 1.23. The summed E-state index contributed by atoms with van der Waals surface area (Å²) < 4.78 is 29.0. The van der Waals surface area contributed by atoms with E-state index in [0.29, 0.717) is 5.69 Å². The highest BCUT2D eigenvalue weighted by molar-refractivity contribution is 7.85. The molecule has 0 unspecified atom stereocenters. The molecular formula is C6H8N2O3S. The van der Waals surface area contributed by atoms with E-state index < -0.39 is 10.1 Å². The lowest BCUT2D eigenvalue weighted by Crippen LogP contribution is -2.07. The molecule has 0 aliphatic carbocycles. The van der Waals surface area contributed by atoms with Gasteiger partial charge in [0.05, 0.1) is 11.4 Å². The Hall–Kier alpha value is -1.01. The van der Waals surface area contributed by atoms with Crippen LogP contribution in [0.1, 0.15) is 5.69 Å². The van der Waals surface area contributed by atoms with Gasteiger partial charge in [-0.25, -0.2) is 0 Å². The molecule has 1 aromatic heterocycles. The van der Waals surface area contributed by atoms with Gasteiger partial charge < -0.3 is 0 Å². The Kier molecular flexibility index (Phi) is 2.72. The summed E-state index contributed by atoms with van der Waals surface area (Å²) in [7, 11) is -3.89. The fraction of sp³-hybridized carbons (Fsp3) is 0.333. The molecule has 0 atom stereocenters. The molecule has 0 saturated carbocycles. The fourth-order valence-corrected chi connectivity index (χ4v) is 1.16. The fourth-order valence-electron chi connectivity index (χ4n) is 0.693. The number of nitrogens with zero attached hydrogens (tertiary/aromatic N) is 2. The Morgan fingerprint density at radius 1 is 1.42 bits per heavy atom. The van der Waals surface area contributed by atoms with Gasteiger partial charge in [0.25, 0.3) is 10.1 Å². The van der Waals surface area contributed by atoms with Crippen molar-refractivity contribution in [2.75, 3.05) is 5.75 Å². The van der Waals surface area contributed by atoms with Gasteiger partial charge in [-0.05, 0) is 0 Å². The number of hydrogen-bond acceptors (Lipinski definition) is 4. The average molecular weight is 188 g/mol. The quantitative estimate of drug-likeness (QED) is 0.670. The maximum atomic E-state index is 10.3. The number of aryl methyl sites for hydroxylation is 1. The van der Waals surface area contributed by atoms with Crippen LogP contribution in [0.2, 0.25) is 0 Å². The molecule has 66 valence electrons. The van der Waals surface area contributed by atoms with Gasteiger partial charge in [0.2, 0.25) is 0 Å². The van der Waals surface area contributed by atoms with E-state index in [9.17, 15) is 8.42 Å². The van der Waals surface area contributed by atoms with Crippen LogP contribution in [0.4, 0.5) is 0 Å². The largest absolute Gasteiger partial charge is 0.286 e. The van der Waals surface area contributed by atoms with E-state index in [1.54, 1.807) is 0 Å². The normalized spacial score (nSPS) is 11.4. The summed E-state index contributed by atoms with van der Waals surface area (Å²) in [5, 5.41) is 0. The Labute approximate surface area is 70.2 Å². The van der Waals surface area contributed by atoms with Gasteiger partial charge in [0.1, 0.15) is 0 Å². The summed E-state index contributed by atoms with van der Waals surface area (Å²) in [4.78, 5) is 7.59. The van der Waals surface area contributed by atoms with E-state index in [0.717, 1.165) is 0 Å². The molecule has 5 nitrogen and oxygen atoms in total. The molecule has 6 heteroatoms. The predicted octanol–water partition coefficient (Wildman–Crippen LogP) is -0.0931. The van der Waals surface area contributed by atoms with Crippen LogP contribution >= 0.6 is 0 Å². The molecule has 0 aliphatic heterocycles. The van der Waals surface area contributed by atoms with Gasteiger partial charge in [0.15, 0.2) is 0 Å². The van der Waals surface area contributed by atoms with Crippen LogP contribution in [0.25, 0.3) is 0 Å². The third kappa shape index (κ3) is 3.40. The molecule has 0 amide bonds. The van der Waals surface area contributed by atoms with Crippen molar-refractivity contribution in [3.63, 3.8) is 0 Å². The molecular weight excluding hydrogens is 180 g/mol. The summed E-state index contributed by atoms with van der Waals surface area (Å²) in [6.07, 6.45) is 4.62. The first kappa shape index (κ1) is 9.08. The molecule has 0 aliphatic rings. The highest BCUT2D eigenvalue weighted by Crippen LogP contribution is 1.94. The van der Waals surface area contributed by atoms with Crippen LogP contribution in [0.15, 0.2) is 18.6 Å². The minimum absolute atomic E-state index is 0.187. The van der Waals surface area contributed by atoms with Crippen molar-refractivity contribution in [3.8, 4) is 0 Å². The van der Waals surface area contributed by atoms with E-state index in [1.807, 2.05) is 0 Å². The van der Waals surface area contributed by atoms with Crippen LogP contribution in [-0.2, 0) is 16.5 Å². The molecule has 0 saturated heterocycles. The first-order valence-corrected chi connectivity index (χ1v) is 4.89. The second kappa shape index (κ2) is 3.59. The van der Waals surface area contributed by atoms with Crippen molar-refractivity contribution in [1.82, 2.24) is 9.97 Å². The highest BCUT2D eigenvalue weighted by atomic mass is 32.2. The Bertz CT molecular complexity index is 335. The maximum absolute atomic E-state index is 10.3. The topological polar surface area (TPSA) is 80.2 Å². The summed E-state index contributed by atoms with van der Waals surface area (Å²) in [5.74, 6) is -0.314. The van der Waals surface area contributed by atoms with Crippen LogP contribution < -0.4 is 0 Å². The molecule has 0 radical (unpaired) electrons. The molecule has 0 aromatic carbocycles. The van der Waals surface area contributed by atoms with Crippen molar-refractivity contribution < 1.29 is 13.0 Å². The zero-order chi connectivity index (χ0) is 9.03. The Morgan fingerprint density at radius 2 is 2.17 bits per heavy atom. The third-order valence-corrected chi connectivity index (χ3v) is 1.95. The lowest BCUT2D eigenvalue weighted by atomic mass is 10.4. The zero-order valence-corrected chi connectivity index (χ0v) is 7.03. The maximum Gasteiger partial charge on any atom is 0.265 e. The Balaban J connectivity index is 2.56. The molecule has 1 aromatic rings. The van der Waals surface area contributed by atoms with Crippen molar-refractivity contribution in [2.45, 2.75) is 6.42 Å². The van der Waals surface area contributed by atoms with Gasteiger partial charge in [-0.2, -0.15) is 8.42 Å². The minimum Gasteiger partial charge on any atom is -0.286 e. The summed E-state index contributed by atoms with van der Waals surface area (Å²) in [6, 6.07) is 0. The van der Waals surface area contributed by atoms with Crippen LogP contribution in [0, 0.1) is 0 Å². The van der Waals surface area contributed by atoms with Gasteiger partial charge in [-0.3, -0.25) is 14.5 Å². The summed E-state index contributed by atoms with van der Waals surface area (Å²) in [5.41, 5.74) is 0.551. The van der Waals surface area contributed by atoms with Crippen molar-refractivity contribution in [1.29, 1.82) is 0 Å². The highest BCUT2D eigenvalue weighted by Gasteiger charge is 2.04. The Morgan fingerprint density at radius 3 is 2.67 bits per heavy atom. The lowest BCUT2D eigenvalue weighted by Gasteiger charge is -1.95. The number of rotatable bonds is 3. The molecule has 0 bridgehead atoms. The molecule has 1 heterocycles. The molecule has 1 rings (SSSR count). The molecule has 1 N–H and O–H groups in total. The summed E-state index contributed by atoms with van der Waals surface area (Å²) >= 11 is 0. The first-order valence-electron chi connectivity index (χ1n) is 3.28. The first-order chi connectivity index (χ1) is 5.58. The van der Waals surface area contributed by atoms with Crippen LogP contribution in [0.3, 0.4) is 0 Å². The van der Waals surface area contributed by atoms with Crippen molar-refractivity contribution >= 4 is 10.1 Å².